The Morgan fingerprint density at radius 1 is 0.778 bits per heavy atom. The van der Waals surface area contributed by atoms with Gasteiger partial charge in [-0.3, -0.25) is 0 Å². The van der Waals surface area contributed by atoms with Crippen LogP contribution in [0.1, 0.15) is 0 Å². The molecule has 0 aliphatic carbocycles. The average molecular weight is 232 g/mol. The summed E-state index contributed by atoms with van der Waals surface area (Å²) in [5, 5.41) is 0. The minimum absolute atomic E-state index is 0. The molecular weight excluding hydrogens is 228 g/mol. The second-order valence-electron chi connectivity index (χ2n) is 0.500. The molecule has 0 radical (unpaired) electrons. The quantitative estimate of drug-likeness (QED) is 0.385. The molecule has 0 rings (SSSR count). The molecule has 0 saturated carbocycles. The van der Waals surface area contributed by atoms with E-state index in [-0.39, 0.29) is 119 Å². The molecule has 0 saturated heterocycles. The van der Waals surface area contributed by atoms with Gasteiger partial charge >= 0.3 is 113 Å². The van der Waals surface area contributed by atoms with Crippen molar-refractivity contribution in [1.82, 2.24) is 0 Å². The van der Waals surface area contributed by atoms with E-state index in [4.69, 9.17) is 19.2 Å². The maximum absolute atomic E-state index is 8.58. The van der Waals surface area contributed by atoms with E-state index in [0.29, 0.717) is 0 Å². The third-order valence-corrected chi connectivity index (χ3v) is 0. The Bertz CT molecular complexity index is 27.7. The first-order valence-electron chi connectivity index (χ1n) is 0.816. The van der Waals surface area contributed by atoms with Crippen molar-refractivity contribution in [3.05, 3.63) is 0 Å². The molecule has 0 aromatic carbocycles. The van der Waals surface area contributed by atoms with E-state index in [0.717, 1.165) is 0 Å². The predicted molar refractivity (Wildman–Crippen MR) is 29.4 cm³/mol. The molecule has 0 aromatic heterocycles. The van der Waals surface area contributed by atoms with E-state index < -0.39 is 9.05 Å². The van der Waals surface area contributed by atoms with E-state index in [1.54, 1.807) is 0 Å². The summed E-state index contributed by atoms with van der Waals surface area (Å²) in [6, 6.07) is 0. The number of rotatable bonds is 0. The molecule has 0 fully saturated rings. The molecule has 9 heavy (non-hydrogen) atoms. The standard InChI is InChI=1S/3Ca.O4Si.H2O.2H/c;;;1-5(2,3)4;;;/h;;;;1H2;;/q;2*+2;-4;;;. The summed E-state index contributed by atoms with van der Waals surface area (Å²) >= 11 is 0. The fourth-order valence-electron chi connectivity index (χ4n) is 0. The summed E-state index contributed by atoms with van der Waals surface area (Å²) in [7, 11) is -5.61. The first kappa shape index (κ1) is 29.3. The van der Waals surface area contributed by atoms with Gasteiger partial charge in [-0.05, 0) is 0 Å². The second-order valence-corrected chi connectivity index (χ2v) is 1.50. The second kappa shape index (κ2) is 14.3. The first-order valence-corrected chi connectivity index (χ1v) is 2.45. The van der Waals surface area contributed by atoms with E-state index in [1.165, 1.54) is 0 Å². The summed E-state index contributed by atoms with van der Waals surface area (Å²) in [5.41, 5.74) is 0. The summed E-state index contributed by atoms with van der Waals surface area (Å²) in [4.78, 5) is 34.3. The zero-order valence-corrected chi connectivity index (χ0v) is 9.46. The molecule has 0 amide bonds. The molecule has 5 nitrogen and oxygen atoms in total. The minimum atomic E-state index is -5.61. The maximum atomic E-state index is 8.58. The van der Waals surface area contributed by atoms with E-state index >= 15 is 0 Å². The van der Waals surface area contributed by atoms with E-state index in [2.05, 4.69) is 0 Å². The van der Waals surface area contributed by atoms with Gasteiger partial charge in [0.25, 0.3) is 0 Å². The molecule has 2 N–H and O–H groups in total. The third kappa shape index (κ3) is 78.6. The van der Waals surface area contributed by atoms with Crippen LogP contribution in [0.2, 0.25) is 0 Å². The van der Waals surface area contributed by atoms with Crippen LogP contribution in [0, 0.1) is 0 Å². The van der Waals surface area contributed by atoms with E-state index in [9.17, 15) is 0 Å². The van der Waals surface area contributed by atoms with Crippen LogP contribution in [0.25, 0.3) is 0 Å². The number of hydrogen-bond donors (Lipinski definition) is 0. The Morgan fingerprint density at radius 2 is 0.778 bits per heavy atom. The summed E-state index contributed by atoms with van der Waals surface area (Å²) < 4.78 is 0. The zero-order valence-electron chi connectivity index (χ0n) is 4.05. The Morgan fingerprint density at radius 3 is 0.778 bits per heavy atom. The fraction of sp³-hybridized carbons (Fsp3) is 0. The van der Waals surface area contributed by atoms with Gasteiger partial charge in [0.05, 0.1) is 0 Å². The molecule has 0 atom stereocenters. The molecule has 0 aliphatic rings. The normalized spacial score (nSPS) is 6.67. The monoisotopic (exact) mass is 232 g/mol. The first-order chi connectivity index (χ1) is 2.00. The molecule has 0 bridgehead atoms. The minimum Gasteiger partial charge on any atom is -0.894 e. The Labute approximate surface area is 143 Å². The van der Waals surface area contributed by atoms with Crippen molar-refractivity contribution in [3.63, 3.8) is 0 Å². The summed E-state index contributed by atoms with van der Waals surface area (Å²) in [6.45, 7) is 0. The molecule has 0 heterocycles. The SMILES string of the molecule is O.[Ca+2].[Ca+2].[CaH2].[O-][Si]([O-])([O-])[O-]. The van der Waals surface area contributed by atoms with Crippen molar-refractivity contribution >= 4 is 122 Å². The molecule has 0 unspecified atom stereocenters. The molecule has 0 aliphatic heterocycles. The van der Waals surface area contributed by atoms with Crippen LogP contribution in [0.15, 0.2) is 0 Å². The molecule has 9 heteroatoms. The van der Waals surface area contributed by atoms with Crippen molar-refractivity contribution in [2.75, 3.05) is 0 Å². The smallest absolute Gasteiger partial charge is 0.426 e. The average Bonchev–Trinajstić information content (AvgIpc) is 0.722. The van der Waals surface area contributed by atoms with Crippen LogP contribution in [0.4, 0.5) is 0 Å². The molecule has 0 aromatic rings. The van der Waals surface area contributed by atoms with Gasteiger partial charge in [0.2, 0.25) is 0 Å². The van der Waals surface area contributed by atoms with Crippen molar-refractivity contribution in [3.8, 4) is 0 Å². The van der Waals surface area contributed by atoms with Crippen LogP contribution >= 0.6 is 0 Å². The van der Waals surface area contributed by atoms with Crippen LogP contribution < -0.4 is 19.2 Å². The fourth-order valence-corrected chi connectivity index (χ4v) is 0. The predicted octanol–water partition coefficient (Wildman–Crippen LogP) is -7.64. The van der Waals surface area contributed by atoms with E-state index in [1.807, 2.05) is 0 Å². The van der Waals surface area contributed by atoms with Gasteiger partial charge in [0.1, 0.15) is 0 Å². The Hall–Kier alpha value is 3.80. The van der Waals surface area contributed by atoms with Crippen molar-refractivity contribution < 1.29 is 24.7 Å². The van der Waals surface area contributed by atoms with Crippen LogP contribution in [0.5, 0.6) is 0 Å². The summed E-state index contributed by atoms with van der Waals surface area (Å²) in [5.74, 6) is 0. The maximum Gasteiger partial charge on any atom is -0.426 e. The third-order valence-electron chi connectivity index (χ3n) is 0. The Balaban J connectivity index is -0.0000000133. The largest absolute Gasteiger partial charge is 0.894 e. The zero-order chi connectivity index (χ0) is 4.50. The molecular formula is H4Ca3O5Si. The van der Waals surface area contributed by atoms with Crippen LogP contribution in [0.3, 0.4) is 0 Å². The van der Waals surface area contributed by atoms with Gasteiger partial charge in [-0.15, -0.1) is 0 Å². The van der Waals surface area contributed by atoms with Crippen molar-refractivity contribution in [2.24, 2.45) is 0 Å². The van der Waals surface area contributed by atoms with Crippen molar-refractivity contribution in [1.29, 1.82) is 0 Å². The van der Waals surface area contributed by atoms with Crippen molar-refractivity contribution in [2.45, 2.75) is 0 Å². The van der Waals surface area contributed by atoms with Gasteiger partial charge in [-0.2, -0.15) is 0 Å². The van der Waals surface area contributed by atoms with Gasteiger partial charge in [0, 0.05) is 0 Å². The number of hydrogen-bond acceptors (Lipinski definition) is 4. The Kier molecular flexibility index (Phi) is 46.6. The van der Waals surface area contributed by atoms with Gasteiger partial charge in [0.15, 0.2) is 0 Å². The van der Waals surface area contributed by atoms with Crippen LogP contribution in [-0.4, -0.2) is 128 Å². The molecule has 0 spiro atoms. The summed E-state index contributed by atoms with van der Waals surface area (Å²) in [6.07, 6.45) is 0. The topological polar surface area (TPSA) is 124 Å². The van der Waals surface area contributed by atoms with Gasteiger partial charge in [-0.1, -0.05) is 0 Å². The van der Waals surface area contributed by atoms with Gasteiger partial charge < -0.3 is 33.7 Å². The van der Waals surface area contributed by atoms with Gasteiger partial charge in [-0.25, -0.2) is 0 Å². The van der Waals surface area contributed by atoms with Crippen LogP contribution in [-0.2, 0) is 0 Å². The molecule has 44 valence electrons.